The second-order valence-corrected chi connectivity index (χ2v) is 7.24. The van der Waals surface area contributed by atoms with Crippen LogP contribution in [0.25, 0.3) is 0 Å². The average molecular weight is 346 g/mol. The third kappa shape index (κ3) is 2.86. The van der Waals surface area contributed by atoms with Crippen molar-refractivity contribution in [3.63, 3.8) is 0 Å². The van der Waals surface area contributed by atoms with E-state index in [1.54, 1.807) is 0 Å². The zero-order valence-electron chi connectivity index (χ0n) is 10.5. The van der Waals surface area contributed by atoms with Crippen molar-refractivity contribution in [3.05, 3.63) is 20.8 Å². The van der Waals surface area contributed by atoms with Crippen molar-refractivity contribution in [3.8, 4) is 0 Å². The number of hydrogen-bond acceptors (Lipinski definition) is 4. The molecule has 2 fully saturated rings. The SMILES string of the molecule is O=C(c1ccc(Br)s1)N1CCCCC1C1OCCO1. The van der Waals surface area contributed by atoms with Crippen LogP contribution in [0, 0.1) is 0 Å². The number of hydrogen-bond donors (Lipinski definition) is 0. The van der Waals surface area contributed by atoms with Gasteiger partial charge < -0.3 is 14.4 Å². The first-order valence-electron chi connectivity index (χ1n) is 6.55. The lowest BCUT2D eigenvalue weighted by molar-refractivity contribution is -0.100. The Balaban J connectivity index is 1.77. The first-order valence-corrected chi connectivity index (χ1v) is 8.16. The monoisotopic (exact) mass is 345 g/mol. The van der Waals surface area contributed by atoms with Crippen LogP contribution in [0.5, 0.6) is 0 Å². The minimum atomic E-state index is -0.243. The molecule has 19 heavy (non-hydrogen) atoms. The summed E-state index contributed by atoms with van der Waals surface area (Å²) in [5.74, 6) is 0.0968. The predicted octanol–water partition coefficient (Wildman–Crippen LogP) is 2.88. The lowest BCUT2D eigenvalue weighted by atomic mass is 10.0. The van der Waals surface area contributed by atoms with Crippen LogP contribution in [-0.4, -0.2) is 42.9 Å². The van der Waals surface area contributed by atoms with Gasteiger partial charge in [0.05, 0.1) is 27.9 Å². The molecule has 1 aromatic rings. The van der Waals surface area contributed by atoms with Gasteiger partial charge in [0.2, 0.25) is 0 Å². The molecule has 3 rings (SSSR count). The van der Waals surface area contributed by atoms with Crippen LogP contribution in [-0.2, 0) is 9.47 Å². The Morgan fingerprint density at radius 1 is 1.32 bits per heavy atom. The predicted molar refractivity (Wildman–Crippen MR) is 76.4 cm³/mol. The molecule has 6 heteroatoms. The molecule has 0 saturated carbocycles. The second kappa shape index (κ2) is 5.91. The molecule has 1 amide bonds. The molecule has 2 aliphatic rings. The zero-order chi connectivity index (χ0) is 13.2. The summed E-state index contributed by atoms with van der Waals surface area (Å²) >= 11 is 4.88. The van der Waals surface area contributed by atoms with Gasteiger partial charge in [-0.1, -0.05) is 0 Å². The molecule has 0 radical (unpaired) electrons. The van der Waals surface area contributed by atoms with E-state index in [1.807, 2.05) is 17.0 Å². The summed E-state index contributed by atoms with van der Waals surface area (Å²) in [6.45, 7) is 2.06. The van der Waals surface area contributed by atoms with Gasteiger partial charge in [-0.2, -0.15) is 0 Å². The molecule has 104 valence electrons. The molecular formula is C13H16BrNO3S. The first kappa shape index (κ1) is 13.5. The maximum Gasteiger partial charge on any atom is 0.264 e. The number of thiophene rings is 1. The van der Waals surface area contributed by atoms with Crippen molar-refractivity contribution >= 4 is 33.2 Å². The van der Waals surface area contributed by atoms with E-state index in [2.05, 4.69) is 15.9 Å². The van der Waals surface area contributed by atoms with E-state index in [0.717, 1.165) is 34.5 Å². The highest BCUT2D eigenvalue weighted by Crippen LogP contribution is 2.29. The number of ether oxygens (including phenoxy) is 2. The van der Waals surface area contributed by atoms with Gasteiger partial charge in [0.25, 0.3) is 5.91 Å². The lowest BCUT2D eigenvalue weighted by Gasteiger charge is -2.37. The smallest absolute Gasteiger partial charge is 0.264 e. The number of rotatable bonds is 2. The Morgan fingerprint density at radius 2 is 2.11 bits per heavy atom. The van der Waals surface area contributed by atoms with Crippen molar-refractivity contribution in [1.29, 1.82) is 0 Å². The number of piperidine rings is 1. The normalized spacial score (nSPS) is 24.9. The summed E-state index contributed by atoms with van der Waals surface area (Å²) in [6.07, 6.45) is 2.91. The maximum absolute atomic E-state index is 12.6. The highest BCUT2D eigenvalue weighted by molar-refractivity contribution is 9.11. The molecule has 0 N–H and O–H groups in total. The molecule has 0 aliphatic carbocycles. The number of likely N-dealkylation sites (tertiary alicyclic amines) is 1. The van der Waals surface area contributed by atoms with Crippen molar-refractivity contribution in [2.75, 3.05) is 19.8 Å². The Kier molecular flexibility index (Phi) is 4.21. The summed E-state index contributed by atoms with van der Waals surface area (Å²) in [5.41, 5.74) is 0. The largest absolute Gasteiger partial charge is 0.348 e. The van der Waals surface area contributed by atoms with Gasteiger partial charge in [-0.15, -0.1) is 11.3 Å². The molecule has 2 saturated heterocycles. The minimum Gasteiger partial charge on any atom is -0.348 e. The fourth-order valence-corrected chi connectivity index (χ4v) is 4.00. The first-order chi connectivity index (χ1) is 9.25. The van der Waals surface area contributed by atoms with E-state index in [-0.39, 0.29) is 18.2 Å². The van der Waals surface area contributed by atoms with Gasteiger partial charge in [-0.3, -0.25) is 4.79 Å². The molecule has 1 unspecified atom stereocenters. The van der Waals surface area contributed by atoms with Crippen LogP contribution in [0.15, 0.2) is 15.9 Å². The highest BCUT2D eigenvalue weighted by Gasteiger charge is 2.36. The van der Waals surface area contributed by atoms with Gasteiger partial charge in [0, 0.05) is 6.54 Å². The van der Waals surface area contributed by atoms with Crippen molar-refractivity contribution in [2.24, 2.45) is 0 Å². The molecule has 3 heterocycles. The van der Waals surface area contributed by atoms with Crippen LogP contribution >= 0.6 is 27.3 Å². The number of carbonyl (C=O) groups excluding carboxylic acids is 1. The Morgan fingerprint density at radius 3 is 2.79 bits per heavy atom. The van der Waals surface area contributed by atoms with E-state index in [9.17, 15) is 4.79 Å². The van der Waals surface area contributed by atoms with Crippen LogP contribution in [0.1, 0.15) is 28.9 Å². The minimum absolute atomic E-state index is 0.0598. The summed E-state index contributed by atoms with van der Waals surface area (Å²) in [4.78, 5) is 15.3. The number of carbonyl (C=O) groups is 1. The summed E-state index contributed by atoms with van der Waals surface area (Å²) in [5, 5.41) is 0. The molecule has 0 spiro atoms. The molecule has 0 aromatic carbocycles. The van der Waals surface area contributed by atoms with Crippen molar-refractivity contribution in [1.82, 2.24) is 4.90 Å². The lowest BCUT2D eigenvalue weighted by Crippen LogP contribution is -2.50. The standard InChI is InChI=1S/C13H16BrNO3S/c14-11-5-4-10(19-11)12(16)15-6-2-1-3-9(15)13-17-7-8-18-13/h4-5,9,13H,1-3,6-8H2. The van der Waals surface area contributed by atoms with Crippen LogP contribution in [0.4, 0.5) is 0 Å². The van der Waals surface area contributed by atoms with Crippen LogP contribution in [0.2, 0.25) is 0 Å². The topological polar surface area (TPSA) is 38.8 Å². The Labute approximate surface area is 124 Å². The molecular weight excluding hydrogens is 330 g/mol. The molecule has 2 aliphatic heterocycles. The maximum atomic E-state index is 12.6. The average Bonchev–Trinajstić information content (AvgIpc) is 3.09. The quantitative estimate of drug-likeness (QED) is 0.827. The van der Waals surface area contributed by atoms with E-state index >= 15 is 0 Å². The zero-order valence-corrected chi connectivity index (χ0v) is 12.9. The van der Waals surface area contributed by atoms with Crippen molar-refractivity contribution < 1.29 is 14.3 Å². The van der Waals surface area contributed by atoms with E-state index < -0.39 is 0 Å². The second-order valence-electron chi connectivity index (χ2n) is 4.78. The Bertz CT molecular complexity index is 458. The number of amides is 1. The van der Waals surface area contributed by atoms with E-state index in [0.29, 0.717) is 13.2 Å². The van der Waals surface area contributed by atoms with Gasteiger partial charge in [-0.25, -0.2) is 0 Å². The molecule has 4 nitrogen and oxygen atoms in total. The van der Waals surface area contributed by atoms with E-state index in [1.165, 1.54) is 11.3 Å². The Hall–Kier alpha value is -0.430. The van der Waals surface area contributed by atoms with Gasteiger partial charge in [0.15, 0.2) is 6.29 Å². The third-order valence-corrected chi connectivity index (χ3v) is 5.17. The fourth-order valence-electron chi connectivity index (χ4n) is 2.66. The molecule has 0 bridgehead atoms. The molecule has 1 atom stereocenters. The summed E-state index contributed by atoms with van der Waals surface area (Å²) in [7, 11) is 0. The fraction of sp³-hybridized carbons (Fsp3) is 0.615. The summed E-state index contributed by atoms with van der Waals surface area (Å²) < 4.78 is 12.2. The highest BCUT2D eigenvalue weighted by atomic mass is 79.9. The summed E-state index contributed by atoms with van der Waals surface area (Å²) in [6, 6.07) is 3.85. The number of nitrogens with zero attached hydrogens (tertiary/aromatic N) is 1. The van der Waals surface area contributed by atoms with Crippen LogP contribution in [0.3, 0.4) is 0 Å². The number of halogens is 1. The third-order valence-electron chi connectivity index (χ3n) is 3.56. The van der Waals surface area contributed by atoms with Gasteiger partial charge >= 0.3 is 0 Å². The molecule has 1 aromatic heterocycles. The van der Waals surface area contributed by atoms with Crippen molar-refractivity contribution in [2.45, 2.75) is 31.6 Å². The van der Waals surface area contributed by atoms with Gasteiger partial charge in [-0.05, 0) is 47.3 Å². The van der Waals surface area contributed by atoms with Gasteiger partial charge in [0.1, 0.15) is 0 Å². The van der Waals surface area contributed by atoms with Crippen LogP contribution < -0.4 is 0 Å². The van der Waals surface area contributed by atoms with E-state index in [4.69, 9.17) is 9.47 Å².